The molecule has 1 aliphatic carbocycles. The van der Waals surface area contributed by atoms with Crippen LogP contribution in [0.15, 0.2) is 23.8 Å². The molecule has 1 rings (SSSR count). The Labute approximate surface area is 110 Å². The fraction of sp³-hybridized carbons (Fsp3) is 0.667. The van der Waals surface area contributed by atoms with Crippen LogP contribution >= 0.6 is 0 Å². The number of carbonyl (C=O) groups is 1. The summed E-state index contributed by atoms with van der Waals surface area (Å²) in [6.07, 6.45) is 4.02. The first-order valence-electron chi connectivity index (χ1n) is 6.39. The van der Waals surface area contributed by atoms with E-state index >= 15 is 0 Å². The number of ether oxygens (including phenoxy) is 2. The number of carbonyl (C=O) groups excluding carboxylic acids is 1. The van der Waals surface area contributed by atoms with E-state index < -0.39 is 0 Å². The Kier molecular flexibility index (Phi) is 5.76. The van der Waals surface area contributed by atoms with E-state index in [-0.39, 0.29) is 24.7 Å². The highest BCUT2D eigenvalue weighted by Crippen LogP contribution is 2.39. The lowest BCUT2D eigenvalue weighted by Crippen LogP contribution is -2.38. The van der Waals surface area contributed by atoms with Crippen LogP contribution in [0, 0.1) is 17.8 Å². The summed E-state index contributed by atoms with van der Waals surface area (Å²) in [5.41, 5.74) is 2.41. The van der Waals surface area contributed by atoms with Crippen molar-refractivity contribution in [3.63, 3.8) is 0 Å². The van der Waals surface area contributed by atoms with Crippen molar-refractivity contribution in [2.24, 2.45) is 17.8 Å². The third kappa shape index (κ3) is 3.53. The zero-order valence-corrected chi connectivity index (χ0v) is 11.8. The lowest BCUT2D eigenvalue weighted by molar-refractivity contribution is -0.119. The molecule has 0 radical (unpaired) electrons. The molecule has 1 aliphatic rings. The number of rotatable bonds is 6. The minimum absolute atomic E-state index is 0.0436. The van der Waals surface area contributed by atoms with Crippen molar-refractivity contribution >= 4 is 6.29 Å². The molecule has 0 aromatic heterocycles. The SMILES string of the molecule is C=C(C)[C@@H]1CC(C)=C[C@@H](OCOC)[C@H]1[C@@H](C)C=O. The van der Waals surface area contributed by atoms with Gasteiger partial charge < -0.3 is 14.3 Å². The Balaban J connectivity index is 2.97. The molecular formula is C15H24O3. The first-order valence-corrected chi connectivity index (χ1v) is 6.39. The second-order valence-electron chi connectivity index (χ2n) is 5.28. The van der Waals surface area contributed by atoms with E-state index in [1.54, 1.807) is 7.11 Å². The molecule has 4 atom stereocenters. The zero-order valence-electron chi connectivity index (χ0n) is 11.8. The topological polar surface area (TPSA) is 35.5 Å². The molecule has 0 amide bonds. The Hall–Kier alpha value is -0.930. The first kappa shape index (κ1) is 15.1. The van der Waals surface area contributed by atoms with Crippen molar-refractivity contribution in [1.29, 1.82) is 0 Å². The van der Waals surface area contributed by atoms with E-state index in [2.05, 4.69) is 19.6 Å². The molecule has 0 fully saturated rings. The van der Waals surface area contributed by atoms with E-state index in [0.29, 0.717) is 5.92 Å². The van der Waals surface area contributed by atoms with Crippen LogP contribution in [-0.2, 0) is 14.3 Å². The van der Waals surface area contributed by atoms with Crippen molar-refractivity contribution in [1.82, 2.24) is 0 Å². The number of aldehydes is 1. The van der Waals surface area contributed by atoms with Gasteiger partial charge in [0.15, 0.2) is 0 Å². The summed E-state index contributed by atoms with van der Waals surface area (Å²) in [5.74, 6) is 0.411. The maximum Gasteiger partial charge on any atom is 0.147 e. The van der Waals surface area contributed by atoms with Gasteiger partial charge in [0.05, 0.1) is 6.10 Å². The molecule has 0 aromatic carbocycles. The summed E-state index contributed by atoms with van der Waals surface area (Å²) in [7, 11) is 1.60. The predicted octanol–water partition coefficient (Wildman–Crippen LogP) is 2.97. The van der Waals surface area contributed by atoms with Crippen LogP contribution in [0.5, 0.6) is 0 Å². The summed E-state index contributed by atoms with van der Waals surface area (Å²) < 4.78 is 10.7. The maximum atomic E-state index is 11.1. The molecule has 0 bridgehead atoms. The number of hydrogen-bond donors (Lipinski definition) is 0. The van der Waals surface area contributed by atoms with Crippen molar-refractivity contribution < 1.29 is 14.3 Å². The summed E-state index contributed by atoms with van der Waals surface area (Å²) in [6, 6.07) is 0. The molecule has 3 nitrogen and oxygen atoms in total. The maximum absolute atomic E-state index is 11.1. The van der Waals surface area contributed by atoms with Gasteiger partial charge in [0.2, 0.25) is 0 Å². The number of methoxy groups -OCH3 is 1. The quantitative estimate of drug-likeness (QED) is 0.414. The van der Waals surface area contributed by atoms with Crippen LogP contribution in [0.3, 0.4) is 0 Å². The van der Waals surface area contributed by atoms with E-state index in [9.17, 15) is 4.79 Å². The van der Waals surface area contributed by atoms with Gasteiger partial charge in [-0.3, -0.25) is 0 Å². The summed E-state index contributed by atoms with van der Waals surface area (Å²) in [5, 5.41) is 0. The number of allylic oxidation sites excluding steroid dienone is 2. The van der Waals surface area contributed by atoms with E-state index in [1.807, 2.05) is 13.8 Å². The van der Waals surface area contributed by atoms with Crippen LogP contribution in [0.25, 0.3) is 0 Å². The van der Waals surface area contributed by atoms with Crippen molar-refractivity contribution in [2.75, 3.05) is 13.9 Å². The Morgan fingerprint density at radius 3 is 2.83 bits per heavy atom. The summed E-state index contributed by atoms with van der Waals surface area (Å²) in [4.78, 5) is 11.1. The van der Waals surface area contributed by atoms with Crippen LogP contribution < -0.4 is 0 Å². The van der Waals surface area contributed by atoms with Gasteiger partial charge in [-0.15, -0.1) is 0 Å². The molecule has 3 heteroatoms. The van der Waals surface area contributed by atoms with Gasteiger partial charge in [-0.2, -0.15) is 0 Å². The first-order chi connectivity index (χ1) is 8.51. The number of hydrogen-bond acceptors (Lipinski definition) is 3. The van der Waals surface area contributed by atoms with Crippen molar-refractivity contribution in [2.45, 2.75) is 33.3 Å². The molecule has 0 unspecified atom stereocenters. The molecule has 0 aliphatic heterocycles. The van der Waals surface area contributed by atoms with Gasteiger partial charge >= 0.3 is 0 Å². The third-order valence-corrected chi connectivity index (χ3v) is 3.67. The van der Waals surface area contributed by atoms with Gasteiger partial charge in [-0.05, 0) is 26.2 Å². The second kappa shape index (κ2) is 6.86. The monoisotopic (exact) mass is 252 g/mol. The zero-order chi connectivity index (χ0) is 13.7. The van der Waals surface area contributed by atoms with Gasteiger partial charge in [-0.1, -0.05) is 30.7 Å². The van der Waals surface area contributed by atoms with Gasteiger partial charge in [-0.25, -0.2) is 0 Å². The Bertz CT molecular complexity index is 333. The molecule has 0 heterocycles. The Morgan fingerprint density at radius 2 is 2.33 bits per heavy atom. The average molecular weight is 252 g/mol. The average Bonchev–Trinajstić information content (AvgIpc) is 2.34. The predicted molar refractivity (Wildman–Crippen MR) is 72.1 cm³/mol. The smallest absolute Gasteiger partial charge is 0.147 e. The molecule has 0 saturated carbocycles. The molecule has 0 spiro atoms. The molecule has 102 valence electrons. The fourth-order valence-corrected chi connectivity index (χ4v) is 2.74. The van der Waals surface area contributed by atoms with Crippen LogP contribution in [-0.4, -0.2) is 26.3 Å². The molecular weight excluding hydrogens is 228 g/mol. The third-order valence-electron chi connectivity index (χ3n) is 3.67. The van der Waals surface area contributed by atoms with E-state index in [1.165, 1.54) is 5.57 Å². The largest absolute Gasteiger partial charge is 0.359 e. The van der Waals surface area contributed by atoms with Crippen molar-refractivity contribution in [3.8, 4) is 0 Å². The van der Waals surface area contributed by atoms with Gasteiger partial charge in [0.1, 0.15) is 13.1 Å². The van der Waals surface area contributed by atoms with Gasteiger partial charge in [0, 0.05) is 18.9 Å². The molecule has 18 heavy (non-hydrogen) atoms. The molecule has 0 saturated heterocycles. The minimum atomic E-state index is -0.0689. The van der Waals surface area contributed by atoms with Crippen LogP contribution in [0.4, 0.5) is 0 Å². The second-order valence-corrected chi connectivity index (χ2v) is 5.28. The highest BCUT2D eigenvalue weighted by molar-refractivity contribution is 5.54. The standard InChI is InChI=1S/C15H24O3/c1-10(2)13-6-11(3)7-14(18-9-17-5)15(13)12(4)8-16/h7-8,12-15H,1,6,9H2,2-5H3/t12-,13-,14+,15-/m0/s1. The lowest BCUT2D eigenvalue weighted by Gasteiger charge is -2.38. The normalized spacial score (nSPS) is 29.6. The van der Waals surface area contributed by atoms with Crippen LogP contribution in [0.2, 0.25) is 0 Å². The summed E-state index contributed by atoms with van der Waals surface area (Å²) in [6.45, 7) is 10.4. The van der Waals surface area contributed by atoms with Crippen molar-refractivity contribution in [3.05, 3.63) is 23.8 Å². The van der Waals surface area contributed by atoms with Crippen LogP contribution in [0.1, 0.15) is 27.2 Å². The molecule has 0 aromatic rings. The van der Waals surface area contributed by atoms with Gasteiger partial charge in [0.25, 0.3) is 0 Å². The highest BCUT2D eigenvalue weighted by Gasteiger charge is 2.36. The lowest BCUT2D eigenvalue weighted by atomic mass is 9.70. The Morgan fingerprint density at radius 1 is 1.67 bits per heavy atom. The van der Waals surface area contributed by atoms with E-state index in [0.717, 1.165) is 18.3 Å². The van der Waals surface area contributed by atoms with E-state index in [4.69, 9.17) is 9.47 Å². The highest BCUT2D eigenvalue weighted by atomic mass is 16.7. The minimum Gasteiger partial charge on any atom is -0.359 e. The summed E-state index contributed by atoms with van der Waals surface area (Å²) >= 11 is 0. The molecule has 0 N–H and O–H groups in total. The fourth-order valence-electron chi connectivity index (χ4n) is 2.74.